The van der Waals surface area contributed by atoms with Gasteiger partial charge in [0.2, 0.25) is 0 Å². The first-order valence-corrected chi connectivity index (χ1v) is 9.53. The van der Waals surface area contributed by atoms with Crippen LogP contribution in [0.15, 0.2) is 35.3 Å². The summed E-state index contributed by atoms with van der Waals surface area (Å²) < 4.78 is 2.10. The van der Waals surface area contributed by atoms with E-state index >= 15 is 0 Å². The lowest BCUT2D eigenvalue weighted by atomic mass is 9.96. The molecule has 2 aromatic rings. The summed E-state index contributed by atoms with van der Waals surface area (Å²) in [5.74, 6) is 0.563. The summed E-state index contributed by atoms with van der Waals surface area (Å²) in [7, 11) is 0. The van der Waals surface area contributed by atoms with Crippen LogP contribution in [0.4, 0.5) is 0 Å². The SMILES string of the molecule is NC(=NCc1nn(-c2ccccc2)c2c1CCC2)NC1CCCCC1. The molecule has 0 atom stereocenters. The molecule has 1 aromatic carbocycles. The van der Waals surface area contributed by atoms with Crippen molar-refractivity contribution in [3.05, 3.63) is 47.3 Å². The molecule has 5 nitrogen and oxygen atoms in total. The summed E-state index contributed by atoms with van der Waals surface area (Å²) in [6, 6.07) is 10.9. The number of hydrogen-bond acceptors (Lipinski definition) is 2. The Labute approximate surface area is 149 Å². The number of hydrogen-bond donors (Lipinski definition) is 2. The molecule has 0 aliphatic heterocycles. The minimum atomic E-state index is 0.491. The number of benzene rings is 1. The van der Waals surface area contributed by atoms with Crippen molar-refractivity contribution in [3.8, 4) is 5.69 Å². The van der Waals surface area contributed by atoms with E-state index in [0.717, 1.165) is 24.2 Å². The second-order valence-corrected chi connectivity index (χ2v) is 7.15. The Kier molecular flexibility index (Phi) is 4.72. The number of nitrogens with two attached hydrogens (primary N) is 1. The zero-order valence-electron chi connectivity index (χ0n) is 14.7. The van der Waals surface area contributed by atoms with Crippen LogP contribution >= 0.6 is 0 Å². The molecule has 0 unspecified atom stereocenters. The molecule has 0 saturated heterocycles. The zero-order valence-corrected chi connectivity index (χ0v) is 14.7. The fraction of sp³-hybridized carbons (Fsp3) is 0.500. The monoisotopic (exact) mass is 337 g/mol. The first-order valence-electron chi connectivity index (χ1n) is 9.53. The number of aromatic nitrogens is 2. The maximum atomic E-state index is 6.12. The number of rotatable bonds is 4. The normalized spacial score (nSPS) is 18.3. The third kappa shape index (κ3) is 3.55. The predicted molar refractivity (Wildman–Crippen MR) is 101 cm³/mol. The van der Waals surface area contributed by atoms with Crippen molar-refractivity contribution in [1.29, 1.82) is 0 Å². The number of fused-ring (bicyclic) bond motifs is 1. The molecule has 2 aliphatic rings. The smallest absolute Gasteiger partial charge is 0.189 e. The molecule has 0 radical (unpaired) electrons. The molecule has 3 N–H and O–H groups in total. The summed E-state index contributed by atoms with van der Waals surface area (Å²) in [6.45, 7) is 0.563. The Morgan fingerprint density at radius 3 is 2.72 bits per heavy atom. The summed E-state index contributed by atoms with van der Waals surface area (Å²) in [5.41, 5.74) is 11.0. The Hall–Kier alpha value is -2.30. The van der Waals surface area contributed by atoms with Crippen LogP contribution in [0.3, 0.4) is 0 Å². The van der Waals surface area contributed by atoms with Crippen LogP contribution in [-0.2, 0) is 19.4 Å². The van der Waals surface area contributed by atoms with Gasteiger partial charge in [-0.25, -0.2) is 9.67 Å². The summed E-state index contributed by atoms with van der Waals surface area (Å²) in [4.78, 5) is 4.58. The lowest BCUT2D eigenvalue weighted by Gasteiger charge is -2.23. The van der Waals surface area contributed by atoms with E-state index in [9.17, 15) is 0 Å². The molecule has 2 aliphatic carbocycles. The van der Waals surface area contributed by atoms with E-state index in [1.807, 2.05) is 6.07 Å². The first-order chi connectivity index (χ1) is 12.3. The van der Waals surface area contributed by atoms with Crippen molar-refractivity contribution in [2.24, 2.45) is 10.7 Å². The highest BCUT2D eigenvalue weighted by Gasteiger charge is 2.23. The minimum absolute atomic E-state index is 0.491. The lowest BCUT2D eigenvalue weighted by Crippen LogP contribution is -2.41. The third-order valence-corrected chi connectivity index (χ3v) is 5.37. The topological polar surface area (TPSA) is 68.2 Å². The molecule has 132 valence electrons. The van der Waals surface area contributed by atoms with Crippen LogP contribution < -0.4 is 11.1 Å². The van der Waals surface area contributed by atoms with Crippen LogP contribution in [-0.4, -0.2) is 21.8 Å². The number of para-hydroxylation sites is 1. The number of aliphatic imine (C=N–C) groups is 1. The quantitative estimate of drug-likeness (QED) is 0.665. The van der Waals surface area contributed by atoms with Crippen LogP contribution in [0, 0.1) is 0 Å². The fourth-order valence-corrected chi connectivity index (χ4v) is 4.09. The van der Waals surface area contributed by atoms with Gasteiger partial charge in [0.05, 0.1) is 17.9 Å². The van der Waals surface area contributed by atoms with Crippen LogP contribution in [0.1, 0.15) is 55.5 Å². The average Bonchev–Trinajstić information content (AvgIpc) is 3.24. The van der Waals surface area contributed by atoms with Crippen molar-refractivity contribution < 1.29 is 0 Å². The van der Waals surface area contributed by atoms with Gasteiger partial charge >= 0.3 is 0 Å². The lowest BCUT2D eigenvalue weighted by molar-refractivity contribution is 0.412. The van der Waals surface area contributed by atoms with E-state index in [0.29, 0.717) is 18.5 Å². The van der Waals surface area contributed by atoms with Crippen LogP contribution in [0.2, 0.25) is 0 Å². The molecule has 0 spiro atoms. The molecule has 0 amide bonds. The molecular weight excluding hydrogens is 310 g/mol. The van der Waals surface area contributed by atoms with Gasteiger partial charge in [0.25, 0.3) is 0 Å². The summed E-state index contributed by atoms with van der Waals surface area (Å²) in [6.07, 6.45) is 9.73. The molecule has 1 saturated carbocycles. The average molecular weight is 337 g/mol. The van der Waals surface area contributed by atoms with Crippen molar-refractivity contribution >= 4 is 5.96 Å². The van der Waals surface area contributed by atoms with Gasteiger partial charge in [0, 0.05) is 11.7 Å². The molecule has 1 aromatic heterocycles. The van der Waals surface area contributed by atoms with Crippen molar-refractivity contribution in [1.82, 2.24) is 15.1 Å². The number of nitrogens with zero attached hydrogens (tertiary/aromatic N) is 3. The molecule has 0 bridgehead atoms. The van der Waals surface area contributed by atoms with Gasteiger partial charge in [-0.3, -0.25) is 0 Å². The van der Waals surface area contributed by atoms with E-state index in [1.54, 1.807) is 0 Å². The summed E-state index contributed by atoms with van der Waals surface area (Å²) in [5, 5.41) is 8.24. The highest BCUT2D eigenvalue weighted by atomic mass is 15.3. The molecule has 25 heavy (non-hydrogen) atoms. The highest BCUT2D eigenvalue weighted by molar-refractivity contribution is 5.78. The van der Waals surface area contributed by atoms with E-state index in [1.165, 1.54) is 49.8 Å². The third-order valence-electron chi connectivity index (χ3n) is 5.37. The van der Waals surface area contributed by atoms with Gasteiger partial charge < -0.3 is 11.1 Å². The highest BCUT2D eigenvalue weighted by Crippen LogP contribution is 2.28. The molecule has 4 rings (SSSR count). The van der Waals surface area contributed by atoms with Gasteiger partial charge in [-0.15, -0.1) is 0 Å². The Morgan fingerprint density at radius 2 is 1.92 bits per heavy atom. The molecule has 1 heterocycles. The van der Waals surface area contributed by atoms with Gasteiger partial charge in [0.15, 0.2) is 5.96 Å². The van der Waals surface area contributed by atoms with Gasteiger partial charge in [-0.2, -0.15) is 5.10 Å². The standard InChI is InChI=1S/C20H27N5/c21-20(23-15-8-3-1-4-9-15)22-14-18-17-12-7-13-19(17)25(24-18)16-10-5-2-6-11-16/h2,5-6,10-11,15H,1,3-4,7-9,12-14H2,(H3,21,22,23). The second-order valence-electron chi connectivity index (χ2n) is 7.15. The van der Waals surface area contributed by atoms with E-state index in [2.05, 4.69) is 39.3 Å². The summed E-state index contributed by atoms with van der Waals surface area (Å²) >= 11 is 0. The fourth-order valence-electron chi connectivity index (χ4n) is 4.09. The van der Waals surface area contributed by atoms with Crippen molar-refractivity contribution in [3.63, 3.8) is 0 Å². The maximum absolute atomic E-state index is 6.12. The van der Waals surface area contributed by atoms with Gasteiger partial charge in [-0.05, 0) is 49.8 Å². The Morgan fingerprint density at radius 1 is 1.12 bits per heavy atom. The van der Waals surface area contributed by atoms with Crippen molar-refractivity contribution in [2.75, 3.05) is 0 Å². The molecule has 1 fully saturated rings. The number of nitrogens with one attached hydrogen (secondary N) is 1. The van der Waals surface area contributed by atoms with E-state index < -0.39 is 0 Å². The maximum Gasteiger partial charge on any atom is 0.189 e. The zero-order chi connectivity index (χ0) is 17.1. The molecular formula is C20H27N5. The van der Waals surface area contributed by atoms with Gasteiger partial charge in [-0.1, -0.05) is 37.5 Å². The molecule has 5 heteroatoms. The van der Waals surface area contributed by atoms with Crippen molar-refractivity contribution in [2.45, 2.75) is 64.0 Å². The minimum Gasteiger partial charge on any atom is -0.370 e. The van der Waals surface area contributed by atoms with Crippen LogP contribution in [0.5, 0.6) is 0 Å². The predicted octanol–water partition coefficient (Wildman–Crippen LogP) is 3.10. The van der Waals surface area contributed by atoms with Gasteiger partial charge in [0.1, 0.15) is 0 Å². The van der Waals surface area contributed by atoms with Crippen LogP contribution in [0.25, 0.3) is 5.69 Å². The number of guanidine groups is 1. The van der Waals surface area contributed by atoms with E-state index in [-0.39, 0.29) is 0 Å². The Bertz CT molecular complexity index is 741. The van der Waals surface area contributed by atoms with E-state index in [4.69, 9.17) is 10.8 Å². The largest absolute Gasteiger partial charge is 0.370 e. The first kappa shape index (κ1) is 16.2. The second kappa shape index (κ2) is 7.30. The Balaban J connectivity index is 1.50.